The van der Waals surface area contributed by atoms with Gasteiger partial charge in [-0.05, 0) is 51.0 Å². The number of methoxy groups -OCH3 is 1. The molecule has 166 valence electrons. The van der Waals surface area contributed by atoms with Crippen LogP contribution in [0, 0.1) is 5.82 Å². The van der Waals surface area contributed by atoms with Crippen LogP contribution in [-0.2, 0) is 16.1 Å². The topological polar surface area (TPSA) is 79.9 Å². The summed E-state index contributed by atoms with van der Waals surface area (Å²) in [6.07, 6.45) is 0.0561. The Kier molecular flexibility index (Phi) is 6.68. The number of amides is 2. The molecule has 1 saturated heterocycles. The van der Waals surface area contributed by atoms with E-state index in [2.05, 4.69) is 10.6 Å². The van der Waals surface area contributed by atoms with Crippen molar-refractivity contribution in [2.24, 2.45) is 0 Å². The van der Waals surface area contributed by atoms with Crippen molar-refractivity contribution in [2.45, 2.75) is 45.4 Å². The lowest BCUT2D eigenvalue weighted by atomic mass is 10.2. The van der Waals surface area contributed by atoms with Gasteiger partial charge in [-0.2, -0.15) is 0 Å². The maximum absolute atomic E-state index is 13.1. The Morgan fingerprint density at radius 2 is 1.84 bits per heavy atom. The molecule has 2 N–H and O–H groups in total. The molecule has 3 rings (SSSR count). The molecule has 0 saturated carbocycles. The highest BCUT2D eigenvalue weighted by atomic mass is 19.1. The zero-order chi connectivity index (χ0) is 22.6. The van der Waals surface area contributed by atoms with E-state index in [1.165, 1.54) is 19.2 Å². The Morgan fingerprint density at radius 1 is 1.16 bits per heavy atom. The molecule has 2 aromatic carbocycles. The van der Waals surface area contributed by atoms with Crippen LogP contribution < -0.4 is 15.4 Å². The third-order valence-electron chi connectivity index (χ3n) is 4.71. The number of nitrogens with one attached hydrogen (secondary N) is 2. The molecule has 31 heavy (non-hydrogen) atoms. The number of carbonyl (C=O) groups excluding carboxylic acids is 2. The fourth-order valence-corrected chi connectivity index (χ4v) is 3.34. The monoisotopic (exact) mass is 429 g/mol. The number of halogens is 1. The number of hydrogen-bond acceptors (Lipinski definition) is 5. The van der Waals surface area contributed by atoms with Crippen LogP contribution in [0.15, 0.2) is 42.5 Å². The molecule has 0 radical (unpaired) electrons. The number of nitrogens with zero attached hydrogens (tertiary/aromatic N) is 1. The van der Waals surface area contributed by atoms with Crippen LogP contribution in [-0.4, -0.2) is 42.2 Å². The van der Waals surface area contributed by atoms with Crippen molar-refractivity contribution in [2.75, 3.05) is 24.3 Å². The van der Waals surface area contributed by atoms with Crippen LogP contribution in [0.1, 0.15) is 32.8 Å². The van der Waals surface area contributed by atoms with E-state index in [1.807, 2.05) is 0 Å². The largest absolute Gasteiger partial charge is 0.497 e. The van der Waals surface area contributed by atoms with Gasteiger partial charge in [-0.15, -0.1) is 0 Å². The van der Waals surface area contributed by atoms with Crippen molar-refractivity contribution >= 4 is 23.4 Å². The first-order chi connectivity index (χ1) is 14.6. The van der Waals surface area contributed by atoms with E-state index in [0.717, 1.165) is 5.56 Å². The highest BCUT2D eigenvalue weighted by Crippen LogP contribution is 2.27. The third kappa shape index (κ3) is 6.34. The van der Waals surface area contributed by atoms with Gasteiger partial charge in [0.15, 0.2) is 0 Å². The summed E-state index contributed by atoms with van der Waals surface area (Å²) in [5, 5.41) is 5.92. The average Bonchev–Trinajstić information content (AvgIpc) is 3.01. The van der Waals surface area contributed by atoms with Crippen LogP contribution in [0.2, 0.25) is 0 Å². The van der Waals surface area contributed by atoms with Crippen LogP contribution in [0.3, 0.4) is 0 Å². The van der Waals surface area contributed by atoms with Crippen molar-refractivity contribution in [3.8, 4) is 5.75 Å². The van der Waals surface area contributed by atoms with E-state index in [0.29, 0.717) is 36.6 Å². The SMILES string of the molecule is COc1cc(NC(=O)OC(C)(C)C)cc(NC2CCN(Cc3ccc(F)cc3)C2=O)c1. The number of benzene rings is 2. The highest BCUT2D eigenvalue weighted by molar-refractivity contribution is 5.88. The lowest BCUT2D eigenvalue weighted by molar-refractivity contribution is -0.128. The summed E-state index contributed by atoms with van der Waals surface area (Å²) in [7, 11) is 1.53. The van der Waals surface area contributed by atoms with Crippen LogP contribution >= 0.6 is 0 Å². The number of anilines is 2. The molecular formula is C23H28FN3O4. The van der Waals surface area contributed by atoms with Gasteiger partial charge in [-0.25, -0.2) is 9.18 Å². The van der Waals surface area contributed by atoms with Gasteiger partial charge in [0.25, 0.3) is 0 Å². The predicted octanol–water partition coefficient (Wildman–Crippen LogP) is 4.39. The second-order valence-electron chi connectivity index (χ2n) is 8.45. The molecule has 1 atom stereocenters. The standard InChI is InChI=1S/C23H28FN3O4/c1-23(2,3)31-22(29)26-18-11-17(12-19(13-18)30-4)25-20-9-10-27(21(20)28)14-15-5-7-16(24)8-6-15/h5-8,11-13,20,25H,9-10,14H2,1-4H3,(H,26,29). The minimum absolute atomic E-state index is 0.0335. The number of likely N-dealkylation sites (tertiary alicyclic amines) is 1. The zero-order valence-corrected chi connectivity index (χ0v) is 18.2. The van der Waals surface area contributed by atoms with Gasteiger partial charge < -0.3 is 19.7 Å². The second-order valence-corrected chi connectivity index (χ2v) is 8.45. The summed E-state index contributed by atoms with van der Waals surface area (Å²) in [5.74, 6) is 0.198. The predicted molar refractivity (Wildman–Crippen MR) is 117 cm³/mol. The minimum Gasteiger partial charge on any atom is -0.497 e. The first-order valence-corrected chi connectivity index (χ1v) is 10.1. The molecule has 8 heteroatoms. The van der Waals surface area contributed by atoms with Crippen molar-refractivity contribution < 1.29 is 23.5 Å². The summed E-state index contributed by atoms with van der Waals surface area (Å²) in [5.41, 5.74) is 1.40. The van der Waals surface area contributed by atoms with E-state index in [-0.39, 0.29) is 11.7 Å². The van der Waals surface area contributed by atoms with E-state index < -0.39 is 17.7 Å². The molecule has 1 fully saturated rings. The molecule has 2 aromatic rings. The number of ether oxygens (including phenoxy) is 2. The Morgan fingerprint density at radius 3 is 2.48 bits per heavy atom. The maximum atomic E-state index is 13.1. The van der Waals surface area contributed by atoms with E-state index in [4.69, 9.17) is 9.47 Å². The lowest BCUT2D eigenvalue weighted by Crippen LogP contribution is -2.33. The number of carbonyl (C=O) groups is 2. The molecule has 0 aromatic heterocycles. The van der Waals surface area contributed by atoms with Crippen molar-refractivity contribution in [1.82, 2.24) is 4.90 Å². The molecule has 7 nitrogen and oxygen atoms in total. The number of hydrogen-bond donors (Lipinski definition) is 2. The van der Waals surface area contributed by atoms with Crippen LogP contribution in [0.5, 0.6) is 5.75 Å². The summed E-state index contributed by atoms with van der Waals surface area (Å²) in [4.78, 5) is 26.7. The van der Waals surface area contributed by atoms with Crippen LogP contribution in [0.25, 0.3) is 0 Å². The van der Waals surface area contributed by atoms with E-state index in [1.54, 1.807) is 56.0 Å². The van der Waals surface area contributed by atoms with Gasteiger partial charge in [-0.3, -0.25) is 10.1 Å². The molecule has 1 aliphatic heterocycles. The Hall–Kier alpha value is -3.29. The molecule has 0 aliphatic carbocycles. The second kappa shape index (κ2) is 9.24. The van der Waals surface area contributed by atoms with Gasteiger partial charge in [0.1, 0.15) is 23.2 Å². The molecule has 1 heterocycles. The minimum atomic E-state index is -0.617. The number of rotatable bonds is 6. The zero-order valence-electron chi connectivity index (χ0n) is 18.2. The van der Waals surface area contributed by atoms with Gasteiger partial charge >= 0.3 is 6.09 Å². The van der Waals surface area contributed by atoms with Crippen molar-refractivity contribution in [3.63, 3.8) is 0 Å². The maximum Gasteiger partial charge on any atom is 0.412 e. The average molecular weight is 429 g/mol. The van der Waals surface area contributed by atoms with E-state index >= 15 is 0 Å². The van der Waals surface area contributed by atoms with Crippen molar-refractivity contribution in [1.29, 1.82) is 0 Å². The summed E-state index contributed by atoms with van der Waals surface area (Å²) < 4.78 is 23.7. The first-order valence-electron chi connectivity index (χ1n) is 10.1. The molecule has 1 aliphatic rings. The Bertz CT molecular complexity index is 941. The summed E-state index contributed by atoms with van der Waals surface area (Å²) >= 11 is 0. The molecule has 2 amide bonds. The summed E-state index contributed by atoms with van der Waals surface area (Å²) in [6.45, 7) is 6.39. The van der Waals surface area contributed by atoms with Crippen LogP contribution in [0.4, 0.5) is 20.6 Å². The highest BCUT2D eigenvalue weighted by Gasteiger charge is 2.31. The van der Waals surface area contributed by atoms with Gasteiger partial charge in [-0.1, -0.05) is 12.1 Å². The van der Waals surface area contributed by atoms with E-state index in [9.17, 15) is 14.0 Å². The fraction of sp³-hybridized carbons (Fsp3) is 0.391. The molecule has 0 bridgehead atoms. The molecular weight excluding hydrogens is 401 g/mol. The Labute approximate surface area is 181 Å². The Balaban J connectivity index is 1.66. The molecule has 1 unspecified atom stereocenters. The lowest BCUT2D eigenvalue weighted by Gasteiger charge is -2.20. The summed E-state index contributed by atoms with van der Waals surface area (Å²) in [6, 6.07) is 10.9. The fourth-order valence-electron chi connectivity index (χ4n) is 3.34. The quantitative estimate of drug-likeness (QED) is 0.712. The molecule has 0 spiro atoms. The normalized spacial score (nSPS) is 16.2. The van der Waals surface area contributed by atoms with Gasteiger partial charge in [0.2, 0.25) is 5.91 Å². The van der Waals surface area contributed by atoms with Crippen molar-refractivity contribution in [3.05, 3.63) is 53.8 Å². The van der Waals surface area contributed by atoms with Gasteiger partial charge in [0.05, 0.1) is 7.11 Å². The smallest absolute Gasteiger partial charge is 0.412 e. The third-order valence-corrected chi connectivity index (χ3v) is 4.71. The first kappa shape index (κ1) is 22.4. The van der Waals surface area contributed by atoms with Gasteiger partial charge in [0, 0.05) is 36.6 Å².